The maximum absolute atomic E-state index is 13.3. The molecule has 2 aromatic carbocycles. The van der Waals surface area contributed by atoms with Crippen LogP contribution in [0.2, 0.25) is 0 Å². The van der Waals surface area contributed by atoms with Crippen LogP contribution >= 0.6 is 11.8 Å². The van der Waals surface area contributed by atoms with Crippen molar-refractivity contribution in [3.05, 3.63) is 76.2 Å². The SMILES string of the molecule is CCc1nnc(CSc2nc3ccccc3c(=O)n2-c2ccc(C(C)CC)cc2)o1. The molecule has 0 aliphatic heterocycles. The van der Waals surface area contributed by atoms with Crippen molar-refractivity contribution >= 4 is 22.7 Å². The number of rotatable bonds is 7. The molecule has 1 unspecified atom stereocenters. The number of benzene rings is 2. The predicted octanol–water partition coefficient (Wildman–Crippen LogP) is 5.14. The van der Waals surface area contributed by atoms with Crippen molar-refractivity contribution in [2.24, 2.45) is 0 Å². The number of aryl methyl sites for hydroxylation is 1. The summed E-state index contributed by atoms with van der Waals surface area (Å²) in [7, 11) is 0. The molecule has 154 valence electrons. The van der Waals surface area contributed by atoms with E-state index in [9.17, 15) is 4.79 Å². The van der Waals surface area contributed by atoms with E-state index in [0.717, 1.165) is 12.1 Å². The minimum atomic E-state index is -0.0841. The van der Waals surface area contributed by atoms with E-state index in [1.807, 2.05) is 43.3 Å². The number of thioether (sulfide) groups is 1. The largest absolute Gasteiger partial charge is 0.424 e. The van der Waals surface area contributed by atoms with Crippen LogP contribution in [0.1, 0.15) is 50.5 Å². The van der Waals surface area contributed by atoms with E-state index in [1.165, 1.54) is 17.3 Å². The number of para-hydroxylation sites is 1. The van der Waals surface area contributed by atoms with Crippen LogP contribution in [0.25, 0.3) is 16.6 Å². The average Bonchev–Trinajstić information content (AvgIpc) is 3.25. The van der Waals surface area contributed by atoms with E-state index in [-0.39, 0.29) is 5.56 Å². The summed E-state index contributed by atoms with van der Waals surface area (Å²) in [4.78, 5) is 18.1. The second kappa shape index (κ2) is 8.83. The topological polar surface area (TPSA) is 73.8 Å². The van der Waals surface area contributed by atoms with Crippen LogP contribution in [0.5, 0.6) is 0 Å². The zero-order chi connectivity index (χ0) is 21.1. The number of nitrogens with zero attached hydrogens (tertiary/aromatic N) is 4. The Morgan fingerprint density at radius 1 is 1.03 bits per heavy atom. The molecule has 0 aliphatic carbocycles. The van der Waals surface area contributed by atoms with Gasteiger partial charge in [-0.05, 0) is 42.2 Å². The molecule has 7 heteroatoms. The molecule has 4 rings (SSSR count). The zero-order valence-electron chi connectivity index (χ0n) is 17.3. The molecule has 2 heterocycles. The fourth-order valence-corrected chi connectivity index (χ4v) is 4.09. The van der Waals surface area contributed by atoms with E-state index in [2.05, 4.69) is 36.2 Å². The van der Waals surface area contributed by atoms with Crippen LogP contribution in [-0.2, 0) is 12.2 Å². The minimum Gasteiger partial charge on any atom is -0.424 e. The second-order valence-electron chi connectivity index (χ2n) is 7.18. The van der Waals surface area contributed by atoms with Crippen molar-refractivity contribution in [1.29, 1.82) is 0 Å². The normalized spacial score (nSPS) is 12.4. The summed E-state index contributed by atoms with van der Waals surface area (Å²) < 4.78 is 7.29. The number of hydrogen-bond donors (Lipinski definition) is 0. The monoisotopic (exact) mass is 420 g/mol. The lowest BCUT2D eigenvalue weighted by Gasteiger charge is -2.14. The first kappa shape index (κ1) is 20.3. The maximum Gasteiger partial charge on any atom is 0.266 e. The lowest BCUT2D eigenvalue weighted by Crippen LogP contribution is -2.21. The van der Waals surface area contributed by atoms with Gasteiger partial charge in [0, 0.05) is 6.42 Å². The molecule has 6 nitrogen and oxygen atoms in total. The van der Waals surface area contributed by atoms with E-state index in [1.54, 1.807) is 4.57 Å². The van der Waals surface area contributed by atoms with Crippen molar-refractivity contribution in [3.8, 4) is 5.69 Å². The summed E-state index contributed by atoms with van der Waals surface area (Å²) in [6, 6.07) is 15.6. The maximum atomic E-state index is 13.3. The fourth-order valence-electron chi connectivity index (χ4n) is 3.24. The Hall–Kier alpha value is -2.93. The Labute approximate surface area is 179 Å². The fraction of sp³-hybridized carbons (Fsp3) is 0.304. The summed E-state index contributed by atoms with van der Waals surface area (Å²) in [5.41, 5.74) is 2.65. The summed E-state index contributed by atoms with van der Waals surface area (Å²) in [5, 5.41) is 9.29. The van der Waals surface area contributed by atoms with E-state index < -0.39 is 0 Å². The van der Waals surface area contributed by atoms with Crippen molar-refractivity contribution < 1.29 is 4.42 Å². The van der Waals surface area contributed by atoms with Gasteiger partial charge in [-0.15, -0.1) is 10.2 Å². The van der Waals surface area contributed by atoms with E-state index in [0.29, 0.717) is 45.9 Å². The zero-order valence-corrected chi connectivity index (χ0v) is 18.1. The van der Waals surface area contributed by atoms with Gasteiger partial charge in [0.15, 0.2) is 5.16 Å². The van der Waals surface area contributed by atoms with E-state index in [4.69, 9.17) is 9.40 Å². The van der Waals surface area contributed by atoms with Gasteiger partial charge in [0.1, 0.15) is 0 Å². The molecule has 1 atom stereocenters. The Morgan fingerprint density at radius 3 is 2.47 bits per heavy atom. The van der Waals surface area contributed by atoms with Crippen LogP contribution in [0, 0.1) is 0 Å². The highest BCUT2D eigenvalue weighted by molar-refractivity contribution is 7.98. The van der Waals surface area contributed by atoms with Gasteiger partial charge in [0.25, 0.3) is 5.56 Å². The molecule has 0 fully saturated rings. The third-order valence-corrected chi connectivity index (χ3v) is 6.14. The first-order valence-electron chi connectivity index (χ1n) is 10.2. The first-order chi connectivity index (χ1) is 14.6. The van der Waals surface area contributed by atoms with Crippen LogP contribution in [-0.4, -0.2) is 19.7 Å². The van der Waals surface area contributed by atoms with Crippen LogP contribution in [0.15, 0.2) is 62.9 Å². The van der Waals surface area contributed by atoms with Crippen LogP contribution < -0.4 is 5.56 Å². The number of aromatic nitrogens is 4. The number of fused-ring (bicyclic) bond motifs is 1. The Morgan fingerprint density at radius 2 is 1.77 bits per heavy atom. The second-order valence-corrected chi connectivity index (χ2v) is 8.13. The molecule has 0 bridgehead atoms. The van der Waals surface area contributed by atoms with Gasteiger partial charge in [-0.1, -0.05) is 56.8 Å². The summed E-state index contributed by atoms with van der Waals surface area (Å²) in [6.07, 6.45) is 1.76. The quantitative estimate of drug-likeness (QED) is 0.305. The molecule has 0 spiro atoms. The number of hydrogen-bond acceptors (Lipinski definition) is 6. The lowest BCUT2D eigenvalue weighted by atomic mass is 9.98. The minimum absolute atomic E-state index is 0.0841. The highest BCUT2D eigenvalue weighted by Gasteiger charge is 2.15. The van der Waals surface area contributed by atoms with Gasteiger partial charge in [-0.2, -0.15) is 0 Å². The molecule has 0 N–H and O–H groups in total. The van der Waals surface area contributed by atoms with Crippen molar-refractivity contribution in [2.75, 3.05) is 0 Å². The van der Waals surface area contributed by atoms with Crippen LogP contribution in [0.4, 0.5) is 0 Å². The standard InChI is InChI=1S/C23H24N4O2S/c1-4-15(3)16-10-12-17(13-11-16)27-22(28)18-8-6-7-9-19(18)24-23(27)30-14-21-26-25-20(5-2)29-21/h6-13,15H,4-5,14H2,1-3H3. The summed E-state index contributed by atoms with van der Waals surface area (Å²) in [5.74, 6) is 2.06. The lowest BCUT2D eigenvalue weighted by molar-refractivity contribution is 0.469. The van der Waals surface area contributed by atoms with Gasteiger partial charge in [-0.3, -0.25) is 9.36 Å². The Bertz CT molecular complexity index is 1210. The Kier molecular flexibility index (Phi) is 5.99. The molecule has 0 saturated carbocycles. The molecule has 4 aromatic rings. The first-order valence-corrected chi connectivity index (χ1v) is 11.2. The smallest absolute Gasteiger partial charge is 0.266 e. The molecular formula is C23H24N4O2S. The highest BCUT2D eigenvalue weighted by atomic mass is 32.2. The van der Waals surface area contributed by atoms with Crippen molar-refractivity contribution in [3.63, 3.8) is 0 Å². The summed E-state index contributed by atoms with van der Waals surface area (Å²) in [6.45, 7) is 6.34. The van der Waals surface area contributed by atoms with Crippen molar-refractivity contribution in [2.45, 2.75) is 50.4 Å². The molecule has 0 aliphatic rings. The van der Waals surface area contributed by atoms with E-state index >= 15 is 0 Å². The van der Waals surface area contributed by atoms with Gasteiger partial charge < -0.3 is 4.42 Å². The highest BCUT2D eigenvalue weighted by Crippen LogP contribution is 2.26. The molecule has 0 saturated heterocycles. The van der Waals surface area contributed by atoms with Gasteiger partial charge in [-0.25, -0.2) is 4.98 Å². The third kappa shape index (κ3) is 4.03. The molecule has 0 radical (unpaired) electrons. The van der Waals surface area contributed by atoms with Gasteiger partial charge in [0.05, 0.1) is 22.3 Å². The molecule has 2 aromatic heterocycles. The molecular weight excluding hydrogens is 396 g/mol. The van der Waals surface area contributed by atoms with Crippen LogP contribution in [0.3, 0.4) is 0 Å². The average molecular weight is 421 g/mol. The predicted molar refractivity (Wildman–Crippen MR) is 119 cm³/mol. The third-order valence-electron chi connectivity index (χ3n) is 5.21. The van der Waals surface area contributed by atoms with Gasteiger partial charge in [0.2, 0.25) is 11.8 Å². The summed E-state index contributed by atoms with van der Waals surface area (Å²) >= 11 is 1.42. The Balaban J connectivity index is 1.77. The van der Waals surface area contributed by atoms with Gasteiger partial charge >= 0.3 is 0 Å². The van der Waals surface area contributed by atoms with Crippen molar-refractivity contribution in [1.82, 2.24) is 19.7 Å². The molecule has 0 amide bonds. The molecule has 30 heavy (non-hydrogen) atoms.